The van der Waals surface area contributed by atoms with Crippen molar-refractivity contribution in [2.45, 2.75) is 10.3 Å². The van der Waals surface area contributed by atoms with Crippen LogP contribution in [0.1, 0.15) is 5.69 Å². The summed E-state index contributed by atoms with van der Waals surface area (Å²) in [6, 6.07) is 11.3. The summed E-state index contributed by atoms with van der Waals surface area (Å²) < 4.78 is 33.7. The number of benzene rings is 1. The van der Waals surface area contributed by atoms with Gasteiger partial charge in [0.25, 0.3) is 10.0 Å². The van der Waals surface area contributed by atoms with Crippen molar-refractivity contribution in [3.05, 3.63) is 47.5 Å². The van der Waals surface area contributed by atoms with Crippen LogP contribution in [0.15, 0.2) is 51.0 Å². The maximum absolute atomic E-state index is 12.6. The number of hydrogen-bond donors (Lipinski definition) is 2. The van der Waals surface area contributed by atoms with Gasteiger partial charge in [0.15, 0.2) is 0 Å². The van der Waals surface area contributed by atoms with Crippen LogP contribution in [0.2, 0.25) is 0 Å². The highest BCUT2D eigenvalue weighted by atomic mass is 32.2. The number of ether oxygens (including phenoxy) is 1. The SMILES string of the molecule is O=S(=O)(Nc1cccc2cc(C3=N[C@@H](CN4CCOCC4)CS3)[nH]c12)c1cccs1. The molecule has 30 heavy (non-hydrogen) atoms. The summed E-state index contributed by atoms with van der Waals surface area (Å²) in [7, 11) is -3.60. The average molecular weight is 463 g/mol. The number of nitrogens with zero attached hydrogens (tertiary/aromatic N) is 2. The molecule has 2 aromatic heterocycles. The molecule has 0 radical (unpaired) electrons. The van der Waals surface area contributed by atoms with Crippen molar-refractivity contribution in [1.82, 2.24) is 9.88 Å². The van der Waals surface area contributed by atoms with Crippen LogP contribution in [-0.4, -0.2) is 68.0 Å². The molecule has 0 spiro atoms. The quantitative estimate of drug-likeness (QED) is 0.587. The van der Waals surface area contributed by atoms with Crippen molar-refractivity contribution in [3.63, 3.8) is 0 Å². The Labute approximate surface area is 183 Å². The largest absolute Gasteiger partial charge is 0.379 e. The number of anilines is 1. The third-order valence-corrected chi connectivity index (χ3v) is 9.09. The number of hydrogen-bond acceptors (Lipinski definition) is 7. The lowest BCUT2D eigenvalue weighted by Crippen LogP contribution is -2.40. The Kier molecular flexibility index (Phi) is 5.59. The monoisotopic (exact) mass is 462 g/mol. The van der Waals surface area contributed by atoms with E-state index in [9.17, 15) is 8.42 Å². The van der Waals surface area contributed by atoms with E-state index < -0.39 is 10.0 Å². The molecule has 158 valence electrons. The molecule has 0 saturated carbocycles. The maximum atomic E-state index is 12.6. The van der Waals surface area contributed by atoms with E-state index in [-0.39, 0.29) is 6.04 Å². The molecule has 3 aromatic rings. The van der Waals surface area contributed by atoms with Crippen molar-refractivity contribution >= 4 is 54.8 Å². The number of aliphatic imine (C=N–C) groups is 1. The van der Waals surface area contributed by atoms with E-state index in [2.05, 4.69) is 14.6 Å². The minimum absolute atomic E-state index is 0.270. The Balaban J connectivity index is 1.38. The standard InChI is InChI=1S/C20H22N4O3S3/c25-30(26,18-5-2-10-28-18)23-16-4-1-3-14-11-17(22-19(14)16)20-21-15(13-29-20)12-24-6-8-27-9-7-24/h1-5,10-11,15,22-23H,6-9,12-13H2/t15-/m0/s1. The molecule has 1 atom stereocenters. The first-order valence-corrected chi connectivity index (χ1v) is 13.1. The fraction of sp³-hybridized carbons (Fsp3) is 0.350. The number of para-hydroxylation sites is 1. The lowest BCUT2D eigenvalue weighted by Gasteiger charge is -2.27. The van der Waals surface area contributed by atoms with Gasteiger partial charge in [-0.15, -0.1) is 23.1 Å². The summed E-state index contributed by atoms with van der Waals surface area (Å²) in [6.07, 6.45) is 0. The van der Waals surface area contributed by atoms with E-state index in [1.165, 1.54) is 11.3 Å². The predicted molar refractivity (Wildman–Crippen MR) is 123 cm³/mol. The van der Waals surface area contributed by atoms with E-state index in [1.54, 1.807) is 35.3 Å². The molecule has 7 nitrogen and oxygen atoms in total. The van der Waals surface area contributed by atoms with Gasteiger partial charge in [-0.1, -0.05) is 18.2 Å². The van der Waals surface area contributed by atoms with Crippen LogP contribution in [0.3, 0.4) is 0 Å². The number of thioether (sulfide) groups is 1. The molecule has 1 saturated heterocycles. The second-order valence-electron chi connectivity index (χ2n) is 7.30. The van der Waals surface area contributed by atoms with Gasteiger partial charge < -0.3 is 9.72 Å². The van der Waals surface area contributed by atoms with Gasteiger partial charge >= 0.3 is 0 Å². The fourth-order valence-corrected chi connectivity index (χ4v) is 6.79. The molecule has 0 aliphatic carbocycles. The number of nitrogens with one attached hydrogen (secondary N) is 2. The Hall–Kier alpha value is -1.85. The van der Waals surface area contributed by atoms with E-state index in [0.717, 1.165) is 60.2 Å². The van der Waals surface area contributed by atoms with Gasteiger partial charge in [-0.25, -0.2) is 8.42 Å². The Morgan fingerprint density at radius 2 is 2.10 bits per heavy atom. The van der Waals surface area contributed by atoms with Crippen LogP contribution < -0.4 is 4.72 Å². The lowest BCUT2D eigenvalue weighted by atomic mass is 10.2. The van der Waals surface area contributed by atoms with Crippen LogP contribution in [0.4, 0.5) is 5.69 Å². The number of sulfonamides is 1. The molecular weight excluding hydrogens is 440 g/mol. The zero-order valence-electron chi connectivity index (χ0n) is 16.2. The Morgan fingerprint density at radius 3 is 2.90 bits per heavy atom. The molecule has 1 aromatic carbocycles. The van der Waals surface area contributed by atoms with Crippen LogP contribution in [0.25, 0.3) is 10.9 Å². The molecule has 0 unspecified atom stereocenters. The highest BCUT2D eigenvalue weighted by molar-refractivity contribution is 8.14. The second kappa shape index (κ2) is 8.35. The van der Waals surface area contributed by atoms with Crippen molar-refractivity contribution in [3.8, 4) is 0 Å². The average Bonchev–Trinajstić information content (AvgIpc) is 3.49. The zero-order valence-corrected chi connectivity index (χ0v) is 18.7. The normalized spacial score (nSPS) is 20.5. The molecular formula is C20H22N4O3S3. The first-order chi connectivity index (χ1) is 14.6. The number of fused-ring (bicyclic) bond motifs is 1. The van der Waals surface area contributed by atoms with Crippen LogP contribution in [0.5, 0.6) is 0 Å². The van der Waals surface area contributed by atoms with Crippen molar-refractivity contribution in [2.75, 3.05) is 43.3 Å². The number of rotatable bonds is 6. The smallest absolute Gasteiger partial charge is 0.271 e. The van der Waals surface area contributed by atoms with Crippen LogP contribution in [0, 0.1) is 0 Å². The Morgan fingerprint density at radius 1 is 1.23 bits per heavy atom. The summed E-state index contributed by atoms with van der Waals surface area (Å²) in [5, 5.41) is 3.69. The van der Waals surface area contributed by atoms with Crippen LogP contribution >= 0.6 is 23.1 Å². The third kappa shape index (κ3) is 4.15. The summed E-state index contributed by atoms with van der Waals surface area (Å²) in [6.45, 7) is 4.47. The molecule has 0 amide bonds. The molecule has 1 fully saturated rings. The van der Waals surface area contributed by atoms with Gasteiger partial charge in [-0.2, -0.15) is 0 Å². The number of aromatic nitrogens is 1. The summed E-state index contributed by atoms with van der Waals surface area (Å²) >= 11 is 2.95. The highest BCUT2D eigenvalue weighted by Gasteiger charge is 2.24. The van der Waals surface area contributed by atoms with Crippen molar-refractivity contribution in [2.24, 2.45) is 4.99 Å². The van der Waals surface area contributed by atoms with E-state index in [4.69, 9.17) is 9.73 Å². The molecule has 2 aliphatic heterocycles. The van der Waals surface area contributed by atoms with Crippen molar-refractivity contribution < 1.29 is 13.2 Å². The molecule has 4 heterocycles. The minimum atomic E-state index is -3.60. The molecule has 0 bridgehead atoms. The second-order valence-corrected chi connectivity index (χ2v) is 11.2. The lowest BCUT2D eigenvalue weighted by molar-refractivity contribution is 0.0364. The predicted octanol–water partition coefficient (Wildman–Crippen LogP) is 3.22. The number of aromatic amines is 1. The first kappa shape index (κ1) is 20.1. The molecule has 5 rings (SSSR count). The van der Waals surface area contributed by atoms with Gasteiger partial charge in [0.2, 0.25) is 0 Å². The molecule has 2 aliphatic rings. The minimum Gasteiger partial charge on any atom is -0.379 e. The fourth-order valence-electron chi connectivity index (χ4n) is 3.71. The van der Waals surface area contributed by atoms with E-state index in [1.807, 2.05) is 18.2 Å². The number of thiophene rings is 1. The van der Waals surface area contributed by atoms with Gasteiger partial charge in [-0.3, -0.25) is 14.6 Å². The van der Waals surface area contributed by atoms with Crippen LogP contribution in [-0.2, 0) is 14.8 Å². The van der Waals surface area contributed by atoms with Gasteiger partial charge in [0.05, 0.1) is 36.2 Å². The first-order valence-electron chi connectivity index (χ1n) is 9.78. The number of morpholine rings is 1. The van der Waals surface area contributed by atoms with Gasteiger partial charge in [0, 0.05) is 30.8 Å². The molecule has 10 heteroatoms. The highest BCUT2D eigenvalue weighted by Crippen LogP contribution is 2.30. The Bertz CT molecular complexity index is 1170. The summed E-state index contributed by atoms with van der Waals surface area (Å²) in [4.78, 5) is 10.7. The zero-order chi connectivity index (χ0) is 20.6. The summed E-state index contributed by atoms with van der Waals surface area (Å²) in [5.41, 5.74) is 2.25. The van der Waals surface area contributed by atoms with E-state index in [0.29, 0.717) is 9.90 Å². The molecule has 2 N–H and O–H groups in total. The summed E-state index contributed by atoms with van der Waals surface area (Å²) in [5.74, 6) is 0.958. The van der Waals surface area contributed by atoms with E-state index >= 15 is 0 Å². The number of H-pyrrole nitrogens is 1. The van der Waals surface area contributed by atoms with Crippen molar-refractivity contribution in [1.29, 1.82) is 0 Å². The third-order valence-electron chi connectivity index (χ3n) is 5.18. The maximum Gasteiger partial charge on any atom is 0.271 e. The van der Waals surface area contributed by atoms with Gasteiger partial charge in [0.1, 0.15) is 9.25 Å². The topological polar surface area (TPSA) is 86.8 Å². The van der Waals surface area contributed by atoms with Gasteiger partial charge in [-0.05, 0) is 23.6 Å².